The zero-order valence-electron chi connectivity index (χ0n) is 17.6. The highest BCUT2D eigenvalue weighted by Crippen LogP contribution is 2.52. The van der Waals surface area contributed by atoms with Gasteiger partial charge in [0.2, 0.25) is 0 Å². The molecule has 2 fully saturated rings. The van der Waals surface area contributed by atoms with E-state index in [1.807, 2.05) is 37.4 Å². The molecule has 0 amide bonds. The number of nitrogens with one attached hydrogen (secondary N) is 1. The molecule has 164 valence electrons. The molecule has 2 unspecified atom stereocenters. The van der Waals surface area contributed by atoms with E-state index in [2.05, 4.69) is 11.9 Å². The van der Waals surface area contributed by atoms with Crippen molar-refractivity contribution in [1.82, 2.24) is 5.32 Å². The fraction of sp³-hybridized carbons (Fsp3) is 0.360. The Morgan fingerprint density at radius 1 is 1.19 bits per heavy atom. The first-order valence-electron chi connectivity index (χ1n) is 10.3. The number of carbonyl (C=O) groups is 2. The molecule has 1 aliphatic heterocycles. The molecule has 0 bridgehead atoms. The van der Waals surface area contributed by atoms with Gasteiger partial charge in [-0.2, -0.15) is 0 Å². The van der Waals surface area contributed by atoms with Crippen molar-refractivity contribution in [2.75, 3.05) is 20.2 Å². The highest BCUT2D eigenvalue weighted by Gasteiger charge is 2.55. The molecule has 1 aliphatic carbocycles. The Morgan fingerprint density at radius 3 is 2.48 bits per heavy atom. The van der Waals surface area contributed by atoms with E-state index in [0.717, 1.165) is 58.8 Å². The van der Waals surface area contributed by atoms with E-state index in [-0.39, 0.29) is 11.9 Å². The summed E-state index contributed by atoms with van der Waals surface area (Å²) in [6.07, 6.45) is 3.99. The van der Waals surface area contributed by atoms with Crippen LogP contribution in [0.2, 0.25) is 10.0 Å². The van der Waals surface area contributed by atoms with Crippen molar-refractivity contribution in [3.8, 4) is 0 Å². The molecule has 0 spiro atoms. The molecule has 31 heavy (non-hydrogen) atoms. The molecule has 2 atom stereocenters. The van der Waals surface area contributed by atoms with Crippen molar-refractivity contribution in [3.63, 3.8) is 0 Å². The second-order valence-electron chi connectivity index (χ2n) is 8.17. The number of rotatable bonds is 6. The molecular weight excluding hydrogens is 433 g/mol. The van der Waals surface area contributed by atoms with Crippen LogP contribution in [0.5, 0.6) is 0 Å². The number of benzene rings is 2. The van der Waals surface area contributed by atoms with Crippen LogP contribution in [0.3, 0.4) is 0 Å². The Balaban J connectivity index is 0.000000196. The monoisotopic (exact) mass is 459 g/mol. The highest BCUT2D eigenvalue weighted by molar-refractivity contribution is 6.35. The highest BCUT2D eigenvalue weighted by atomic mass is 35.5. The quantitative estimate of drug-likeness (QED) is 0.361. The number of hydrogen-bond acceptors (Lipinski definition) is 4. The summed E-state index contributed by atoms with van der Waals surface area (Å²) < 4.78 is 5.25. The molecule has 4 rings (SSSR count). The van der Waals surface area contributed by atoms with Crippen LogP contribution in [0.25, 0.3) is 0 Å². The second kappa shape index (κ2) is 10.4. The number of allylic oxidation sites excluding steroid dienone is 1. The van der Waals surface area contributed by atoms with Gasteiger partial charge in [0.15, 0.2) is 0 Å². The molecule has 1 heterocycles. The van der Waals surface area contributed by atoms with Gasteiger partial charge in [0.05, 0.1) is 12.0 Å². The number of halogens is 2. The minimum Gasteiger partial charge on any atom is -0.465 e. The number of fused-ring (bicyclic) bond motifs is 1. The van der Waals surface area contributed by atoms with Crippen molar-refractivity contribution in [2.24, 2.45) is 11.3 Å². The summed E-state index contributed by atoms with van der Waals surface area (Å²) in [5, 5.41) is 4.55. The topological polar surface area (TPSA) is 55.4 Å². The third kappa shape index (κ3) is 5.38. The van der Waals surface area contributed by atoms with Gasteiger partial charge in [-0.1, -0.05) is 65.7 Å². The van der Waals surface area contributed by atoms with Crippen LogP contribution in [-0.2, 0) is 22.4 Å². The molecule has 0 aromatic heterocycles. The van der Waals surface area contributed by atoms with E-state index in [9.17, 15) is 9.59 Å². The molecule has 2 aliphatic rings. The molecular formula is C25H27Cl2NO3. The lowest BCUT2D eigenvalue weighted by molar-refractivity contribution is -0.146. The van der Waals surface area contributed by atoms with Gasteiger partial charge in [0.1, 0.15) is 6.29 Å². The zero-order valence-corrected chi connectivity index (χ0v) is 19.1. The smallest absolute Gasteiger partial charge is 0.313 e. The Hall–Kier alpha value is -2.14. The fourth-order valence-electron chi connectivity index (χ4n) is 4.36. The van der Waals surface area contributed by atoms with Crippen molar-refractivity contribution in [3.05, 3.63) is 81.4 Å². The lowest BCUT2D eigenvalue weighted by Crippen LogP contribution is -2.31. The van der Waals surface area contributed by atoms with E-state index in [0.29, 0.717) is 18.6 Å². The number of carbonyl (C=O) groups excluding carboxylic acids is 2. The van der Waals surface area contributed by atoms with Crippen LogP contribution in [0.4, 0.5) is 0 Å². The molecule has 4 nitrogen and oxygen atoms in total. The largest absolute Gasteiger partial charge is 0.465 e. The summed E-state index contributed by atoms with van der Waals surface area (Å²) in [7, 11) is 1.91. The summed E-state index contributed by atoms with van der Waals surface area (Å²) in [5.74, 6) is 0.175. The van der Waals surface area contributed by atoms with E-state index in [4.69, 9.17) is 27.9 Å². The van der Waals surface area contributed by atoms with Gasteiger partial charge < -0.3 is 10.1 Å². The standard InChI is InChI=1S/C16H16O3.C9H11Cl2N/c1-11-6-14-10-19-15(18)16(14,7-11)8-12-2-4-13(9-17)5-3-12;1-12-6-5-7-8(10)3-2-4-9(7)11/h2-5,9,14H,1,6-8,10H2;2-4,12H,5-6H2,1H3. The van der Waals surface area contributed by atoms with Crippen molar-refractivity contribution in [1.29, 1.82) is 0 Å². The van der Waals surface area contributed by atoms with Gasteiger partial charge in [-0.25, -0.2) is 0 Å². The van der Waals surface area contributed by atoms with Crippen LogP contribution >= 0.6 is 23.2 Å². The van der Waals surface area contributed by atoms with Crippen LogP contribution in [0.1, 0.15) is 34.3 Å². The number of ether oxygens (including phenoxy) is 1. The molecule has 1 saturated carbocycles. The first-order chi connectivity index (χ1) is 14.9. The first kappa shape index (κ1) is 23.5. The number of cyclic esters (lactones) is 1. The number of esters is 1. The Kier molecular flexibility index (Phi) is 7.93. The number of likely N-dealkylation sites (N-methyl/N-ethyl adjacent to an activating group) is 1. The maximum absolute atomic E-state index is 12.1. The van der Waals surface area contributed by atoms with Gasteiger partial charge in [0.25, 0.3) is 0 Å². The summed E-state index contributed by atoms with van der Waals surface area (Å²) in [4.78, 5) is 22.8. The summed E-state index contributed by atoms with van der Waals surface area (Å²) in [5.41, 5.74) is 3.48. The average Bonchev–Trinajstić information content (AvgIpc) is 3.22. The van der Waals surface area contributed by atoms with Gasteiger partial charge in [-0.05, 0) is 62.5 Å². The third-order valence-electron chi connectivity index (χ3n) is 6.03. The van der Waals surface area contributed by atoms with Crippen LogP contribution in [-0.4, -0.2) is 32.5 Å². The fourth-order valence-corrected chi connectivity index (χ4v) is 4.95. The lowest BCUT2D eigenvalue weighted by atomic mass is 9.75. The van der Waals surface area contributed by atoms with Crippen LogP contribution in [0.15, 0.2) is 54.6 Å². The predicted molar refractivity (Wildman–Crippen MR) is 125 cm³/mol. The van der Waals surface area contributed by atoms with Crippen LogP contribution < -0.4 is 5.32 Å². The Labute approximate surface area is 193 Å². The molecule has 2 aromatic rings. The van der Waals surface area contributed by atoms with E-state index in [1.165, 1.54) is 0 Å². The SMILES string of the molecule is C=C1CC2COC(=O)C2(Cc2ccc(C=O)cc2)C1.CNCCc1c(Cl)cccc1Cl. The maximum atomic E-state index is 12.1. The molecule has 2 aromatic carbocycles. The van der Waals surface area contributed by atoms with Gasteiger partial charge in [0, 0.05) is 21.5 Å². The number of hydrogen-bond donors (Lipinski definition) is 1. The van der Waals surface area contributed by atoms with Crippen molar-refractivity contribution < 1.29 is 14.3 Å². The van der Waals surface area contributed by atoms with Crippen molar-refractivity contribution >= 4 is 35.5 Å². The Morgan fingerprint density at radius 2 is 1.87 bits per heavy atom. The average molecular weight is 460 g/mol. The van der Waals surface area contributed by atoms with Gasteiger partial charge in [-0.3, -0.25) is 9.59 Å². The molecule has 1 saturated heterocycles. The molecule has 6 heteroatoms. The van der Waals surface area contributed by atoms with E-state index < -0.39 is 5.41 Å². The summed E-state index contributed by atoms with van der Waals surface area (Å²) >= 11 is 11.9. The van der Waals surface area contributed by atoms with Crippen LogP contribution in [0, 0.1) is 11.3 Å². The summed E-state index contributed by atoms with van der Waals surface area (Å²) in [6.45, 7) is 5.44. The second-order valence-corrected chi connectivity index (χ2v) is 8.99. The molecule has 1 N–H and O–H groups in total. The zero-order chi connectivity index (χ0) is 22.4. The predicted octanol–water partition coefficient (Wildman–Crippen LogP) is 5.31. The van der Waals surface area contributed by atoms with Crippen molar-refractivity contribution in [2.45, 2.75) is 25.7 Å². The minimum absolute atomic E-state index is 0.0874. The maximum Gasteiger partial charge on any atom is 0.313 e. The van der Waals surface area contributed by atoms with E-state index >= 15 is 0 Å². The first-order valence-corrected chi connectivity index (χ1v) is 11.1. The normalized spacial score (nSPS) is 21.8. The third-order valence-corrected chi connectivity index (χ3v) is 6.73. The van der Waals surface area contributed by atoms with E-state index in [1.54, 1.807) is 12.1 Å². The van der Waals surface area contributed by atoms with Gasteiger partial charge >= 0.3 is 5.97 Å². The molecule has 0 radical (unpaired) electrons. The number of aldehydes is 1. The lowest BCUT2D eigenvalue weighted by Gasteiger charge is -2.23. The summed E-state index contributed by atoms with van der Waals surface area (Å²) in [6, 6.07) is 13.0. The van der Waals surface area contributed by atoms with Gasteiger partial charge in [-0.15, -0.1) is 0 Å². The minimum atomic E-state index is -0.417. The Bertz CT molecular complexity index is 937.